The maximum Gasteiger partial charge on any atom is 0.265 e. The summed E-state index contributed by atoms with van der Waals surface area (Å²) >= 11 is 5.82. The lowest BCUT2D eigenvalue weighted by Crippen LogP contribution is -2.49. The van der Waals surface area contributed by atoms with Gasteiger partial charge >= 0.3 is 0 Å². The number of hydrogen-bond donors (Lipinski definition) is 2. The Hall–Kier alpha value is -2.15. The predicted octanol–water partition coefficient (Wildman–Crippen LogP) is 3.01. The van der Waals surface area contributed by atoms with Gasteiger partial charge in [-0.2, -0.15) is 0 Å². The average Bonchev–Trinajstić information content (AvgIpc) is 2.57. The van der Waals surface area contributed by atoms with E-state index < -0.39 is 26.8 Å². The zero-order valence-corrected chi connectivity index (χ0v) is 15.8. The molecule has 2 atom stereocenters. The van der Waals surface area contributed by atoms with Gasteiger partial charge in [0, 0.05) is 11.4 Å². The van der Waals surface area contributed by atoms with Crippen LogP contribution >= 0.6 is 11.6 Å². The zero-order chi connectivity index (χ0) is 19.4. The Morgan fingerprint density at radius 3 is 2.35 bits per heavy atom. The fourth-order valence-electron chi connectivity index (χ4n) is 2.47. The van der Waals surface area contributed by atoms with Crippen LogP contribution < -0.4 is 4.72 Å². The highest BCUT2D eigenvalue weighted by atomic mass is 35.5. The number of benzene rings is 2. The Kier molecular flexibility index (Phi) is 6.23. The summed E-state index contributed by atoms with van der Waals surface area (Å²) in [7, 11) is -4.13. The van der Waals surface area contributed by atoms with Crippen LogP contribution in [0.3, 0.4) is 0 Å². The minimum atomic E-state index is -4.13. The fraction of sp³-hybridized carbons (Fsp3) is 0.211. The van der Waals surface area contributed by atoms with Crippen molar-refractivity contribution in [3.8, 4) is 0 Å². The topological polar surface area (TPSA) is 83.5 Å². The largest absolute Gasteiger partial charge is 0.380 e. The van der Waals surface area contributed by atoms with Crippen molar-refractivity contribution in [2.45, 2.75) is 24.2 Å². The quantitative estimate of drug-likeness (QED) is 0.708. The maximum atomic E-state index is 12.6. The third-order valence-corrected chi connectivity index (χ3v) is 5.72. The van der Waals surface area contributed by atoms with Crippen molar-refractivity contribution in [2.75, 3.05) is 0 Å². The van der Waals surface area contributed by atoms with Crippen LogP contribution in [0, 0.1) is 0 Å². The summed E-state index contributed by atoms with van der Waals surface area (Å²) in [4.78, 5) is 12.4. The molecular formula is C19H20ClNO4S. The first-order valence-electron chi connectivity index (χ1n) is 7.86. The second kappa shape index (κ2) is 8.03. The molecule has 0 fully saturated rings. The van der Waals surface area contributed by atoms with Gasteiger partial charge in [0.1, 0.15) is 10.9 Å². The molecule has 0 heterocycles. The number of carbonyl (C=O) groups is 1. The van der Waals surface area contributed by atoms with E-state index in [9.17, 15) is 18.3 Å². The molecule has 0 aliphatic carbocycles. The van der Waals surface area contributed by atoms with Crippen molar-refractivity contribution in [2.24, 2.45) is 0 Å². The summed E-state index contributed by atoms with van der Waals surface area (Å²) in [5.74, 6) is -0.998. The lowest BCUT2D eigenvalue weighted by Gasteiger charge is -2.24. The van der Waals surface area contributed by atoms with E-state index >= 15 is 0 Å². The monoisotopic (exact) mass is 393 g/mol. The van der Waals surface area contributed by atoms with E-state index in [-0.39, 0.29) is 6.42 Å². The van der Waals surface area contributed by atoms with Gasteiger partial charge in [0.25, 0.3) is 5.91 Å². The van der Waals surface area contributed by atoms with E-state index in [0.717, 1.165) is 0 Å². The SMILES string of the molecule is C=CC(c1ccc(Cl)cc1)S(=O)(=O)NC(=O)C(C)(O)Cc1ccccc1. The van der Waals surface area contributed by atoms with Crippen LogP contribution in [0.4, 0.5) is 0 Å². The first-order valence-corrected chi connectivity index (χ1v) is 9.78. The van der Waals surface area contributed by atoms with Crippen LogP contribution in [0.5, 0.6) is 0 Å². The zero-order valence-electron chi connectivity index (χ0n) is 14.2. The fourth-order valence-corrected chi connectivity index (χ4v) is 3.97. The molecule has 7 heteroatoms. The minimum absolute atomic E-state index is 0.0190. The lowest BCUT2D eigenvalue weighted by atomic mass is 9.96. The van der Waals surface area contributed by atoms with Gasteiger partial charge in [0.05, 0.1) is 0 Å². The molecule has 0 radical (unpaired) electrons. The number of carbonyl (C=O) groups excluding carboxylic acids is 1. The summed E-state index contributed by atoms with van der Waals surface area (Å²) < 4.78 is 27.2. The predicted molar refractivity (Wildman–Crippen MR) is 102 cm³/mol. The molecule has 2 rings (SSSR count). The van der Waals surface area contributed by atoms with Gasteiger partial charge < -0.3 is 5.11 Å². The first-order chi connectivity index (χ1) is 12.2. The minimum Gasteiger partial charge on any atom is -0.380 e. The highest BCUT2D eigenvalue weighted by Crippen LogP contribution is 2.25. The molecule has 2 N–H and O–H groups in total. The van der Waals surface area contributed by atoms with E-state index in [2.05, 4.69) is 6.58 Å². The normalized spacial score (nSPS) is 14.9. The molecule has 138 valence electrons. The smallest absolute Gasteiger partial charge is 0.265 e. The second-order valence-corrected chi connectivity index (χ2v) is 8.36. The summed E-state index contributed by atoms with van der Waals surface area (Å²) in [5, 5.41) is 9.75. The van der Waals surface area contributed by atoms with Gasteiger partial charge in [-0.05, 0) is 30.2 Å². The van der Waals surface area contributed by atoms with E-state index in [0.29, 0.717) is 16.1 Å². The van der Waals surface area contributed by atoms with Crippen LogP contribution in [0.1, 0.15) is 23.3 Å². The highest BCUT2D eigenvalue weighted by molar-refractivity contribution is 7.90. The Balaban J connectivity index is 2.19. The van der Waals surface area contributed by atoms with Gasteiger partial charge in [0.15, 0.2) is 0 Å². The molecule has 2 aromatic rings. The number of nitrogens with one attached hydrogen (secondary N) is 1. The maximum absolute atomic E-state index is 12.6. The Morgan fingerprint density at radius 2 is 1.81 bits per heavy atom. The van der Waals surface area contributed by atoms with Gasteiger partial charge in [-0.15, -0.1) is 6.58 Å². The number of sulfonamides is 1. The molecule has 0 bridgehead atoms. The molecule has 5 nitrogen and oxygen atoms in total. The number of rotatable bonds is 7. The van der Waals surface area contributed by atoms with Crippen molar-refractivity contribution in [3.05, 3.63) is 83.4 Å². The average molecular weight is 394 g/mol. The Morgan fingerprint density at radius 1 is 1.23 bits per heavy atom. The number of halogens is 1. The van der Waals surface area contributed by atoms with Gasteiger partial charge in [-0.1, -0.05) is 60.1 Å². The molecular weight excluding hydrogens is 374 g/mol. The first kappa shape index (κ1) is 20.2. The van der Waals surface area contributed by atoms with Crippen LogP contribution in [-0.2, 0) is 21.2 Å². The Labute approximate surface area is 158 Å². The second-order valence-electron chi connectivity index (χ2n) is 6.12. The van der Waals surface area contributed by atoms with E-state index in [1.54, 1.807) is 48.5 Å². The highest BCUT2D eigenvalue weighted by Gasteiger charge is 2.36. The van der Waals surface area contributed by atoms with E-state index in [4.69, 9.17) is 11.6 Å². The third kappa shape index (κ3) is 4.94. The summed E-state index contributed by atoms with van der Waals surface area (Å²) in [6, 6.07) is 15.0. The molecule has 0 aliphatic heterocycles. The molecule has 2 aromatic carbocycles. The Bertz CT molecular complexity index is 878. The molecule has 0 spiro atoms. The van der Waals surface area contributed by atoms with Crippen molar-refractivity contribution < 1.29 is 18.3 Å². The summed E-state index contributed by atoms with van der Waals surface area (Å²) in [6.45, 7) is 4.81. The van der Waals surface area contributed by atoms with Crippen LogP contribution in [0.25, 0.3) is 0 Å². The third-order valence-electron chi connectivity index (χ3n) is 3.86. The van der Waals surface area contributed by atoms with Gasteiger partial charge in [-0.3, -0.25) is 4.79 Å². The summed E-state index contributed by atoms with van der Waals surface area (Å²) in [6.07, 6.45) is 1.19. The number of amides is 1. The molecule has 1 amide bonds. The molecule has 26 heavy (non-hydrogen) atoms. The van der Waals surface area contributed by atoms with E-state index in [1.807, 2.05) is 10.8 Å². The van der Waals surface area contributed by atoms with Crippen LogP contribution in [0.2, 0.25) is 5.02 Å². The standard InChI is InChI=1S/C19H20ClNO4S/c1-3-17(15-9-11-16(20)12-10-15)26(24,25)21-18(22)19(2,23)13-14-7-5-4-6-8-14/h3-12,17,23H,1,13H2,2H3,(H,21,22). The van der Waals surface area contributed by atoms with Crippen LogP contribution in [-0.4, -0.2) is 25.0 Å². The number of aliphatic hydroxyl groups is 1. The van der Waals surface area contributed by atoms with Crippen LogP contribution in [0.15, 0.2) is 67.3 Å². The van der Waals surface area contributed by atoms with Crippen molar-refractivity contribution in [1.29, 1.82) is 0 Å². The molecule has 0 aliphatic rings. The summed E-state index contributed by atoms with van der Waals surface area (Å²) in [5.41, 5.74) is -0.768. The lowest BCUT2D eigenvalue weighted by molar-refractivity contribution is -0.135. The molecule has 0 saturated carbocycles. The van der Waals surface area contributed by atoms with Gasteiger partial charge in [-0.25, -0.2) is 13.1 Å². The number of hydrogen-bond acceptors (Lipinski definition) is 4. The van der Waals surface area contributed by atoms with Crippen molar-refractivity contribution in [1.82, 2.24) is 4.72 Å². The molecule has 0 saturated heterocycles. The van der Waals surface area contributed by atoms with Crippen molar-refractivity contribution in [3.63, 3.8) is 0 Å². The van der Waals surface area contributed by atoms with E-state index in [1.165, 1.54) is 13.0 Å². The van der Waals surface area contributed by atoms with Crippen molar-refractivity contribution >= 4 is 27.5 Å². The molecule has 2 unspecified atom stereocenters. The van der Waals surface area contributed by atoms with Gasteiger partial charge in [0.2, 0.25) is 10.0 Å². The molecule has 0 aromatic heterocycles.